The molecule has 1 aliphatic heterocycles. The van der Waals surface area contributed by atoms with Gasteiger partial charge in [0.1, 0.15) is 0 Å². The molecule has 3 rings (SSSR count). The molecule has 6 nitrogen and oxygen atoms in total. The van der Waals surface area contributed by atoms with Crippen LogP contribution in [0.4, 0.5) is 11.4 Å². The summed E-state index contributed by atoms with van der Waals surface area (Å²) in [5.74, 6) is 0.00819. The van der Waals surface area contributed by atoms with Crippen molar-refractivity contribution in [3.8, 4) is 0 Å². The Kier molecular flexibility index (Phi) is 4.62. The average molecular weight is 313 g/mol. The van der Waals surface area contributed by atoms with E-state index in [4.69, 9.17) is 0 Å². The van der Waals surface area contributed by atoms with Crippen molar-refractivity contribution in [1.29, 1.82) is 0 Å². The number of aromatic nitrogens is 2. The summed E-state index contributed by atoms with van der Waals surface area (Å²) in [5, 5.41) is 7.09. The third-order valence-electron chi connectivity index (χ3n) is 4.16. The zero-order valence-corrected chi connectivity index (χ0v) is 13.7. The molecule has 6 heteroatoms. The molecule has 0 aliphatic carbocycles. The molecule has 1 amide bonds. The molecule has 23 heavy (non-hydrogen) atoms. The minimum Gasteiger partial charge on any atom is -0.373 e. The molecular weight excluding hydrogens is 290 g/mol. The minimum absolute atomic E-state index is 0.00819. The Morgan fingerprint density at radius 3 is 2.96 bits per heavy atom. The second kappa shape index (κ2) is 6.83. The lowest BCUT2D eigenvalue weighted by Crippen LogP contribution is -2.26. The van der Waals surface area contributed by atoms with Crippen molar-refractivity contribution in [2.24, 2.45) is 0 Å². The van der Waals surface area contributed by atoms with Gasteiger partial charge in [0.05, 0.1) is 0 Å². The number of benzene rings is 1. The van der Waals surface area contributed by atoms with Crippen LogP contribution in [-0.4, -0.2) is 47.8 Å². The molecule has 0 fully saturated rings. The summed E-state index contributed by atoms with van der Waals surface area (Å²) in [6.07, 6.45) is 4.00. The van der Waals surface area contributed by atoms with E-state index in [9.17, 15) is 4.79 Å². The van der Waals surface area contributed by atoms with Gasteiger partial charge in [-0.15, -0.1) is 0 Å². The first-order valence-corrected chi connectivity index (χ1v) is 7.92. The standard InChI is InChI=1S/C17H23N5O/c1-20-10-11-21(2)16-12-15(5-4-14(16)13-20)19-17(23)6-9-22-8-3-7-18-22/h3-5,7-8,12H,6,9-11,13H2,1-2H3,(H,19,23). The SMILES string of the molecule is CN1CCN(C)c2cc(NC(=O)CCn3cccn3)ccc2C1. The fourth-order valence-corrected chi connectivity index (χ4v) is 2.81. The van der Waals surface area contributed by atoms with Gasteiger partial charge in [-0.3, -0.25) is 9.48 Å². The van der Waals surface area contributed by atoms with Gasteiger partial charge in [-0.2, -0.15) is 5.10 Å². The van der Waals surface area contributed by atoms with Crippen LogP contribution in [0.5, 0.6) is 0 Å². The van der Waals surface area contributed by atoms with E-state index in [1.54, 1.807) is 10.9 Å². The molecule has 0 radical (unpaired) electrons. The summed E-state index contributed by atoms with van der Waals surface area (Å²) in [6, 6.07) is 8.02. The first-order valence-electron chi connectivity index (χ1n) is 7.92. The van der Waals surface area contributed by atoms with Crippen molar-refractivity contribution < 1.29 is 4.79 Å². The van der Waals surface area contributed by atoms with Crippen LogP contribution in [0.25, 0.3) is 0 Å². The van der Waals surface area contributed by atoms with Crippen LogP contribution < -0.4 is 10.2 Å². The number of amides is 1. The van der Waals surface area contributed by atoms with Crippen LogP contribution in [0.3, 0.4) is 0 Å². The summed E-state index contributed by atoms with van der Waals surface area (Å²) in [6.45, 7) is 3.55. The zero-order valence-electron chi connectivity index (χ0n) is 13.7. The van der Waals surface area contributed by atoms with E-state index >= 15 is 0 Å². The van der Waals surface area contributed by atoms with E-state index in [2.05, 4.69) is 46.4 Å². The van der Waals surface area contributed by atoms with Crippen LogP contribution in [0, 0.1) is 0 Å². The molecule has 2 heterocycles. The number of anilines is 2. The lowest BCUT2D eigenvalue weighted by molar-refractivity contribution is -0.116. The maximum atomic E-state index is 12.1. The predicted molar refractivity (Wildman–Crippen MR) is 91.5 cm³/mol. The normalized spacial score (nSPS) is 15.1. The molecule has 1 aliphatic rings. The van der Waals surface area contributed by atoms with Gasteiger partial charge in [-0.05, 0) is 30.8 Å². The highest BCUT2D eigenvalue weighted by Gasteiger charge is 2.16. The second-order valence-electron chi connectivity index (χ2n) is 6.07. The van der Waals surface area contributed by atoms with E-state index in [0.717, 1.165) is 25.3 Å². The van der Waals surface area contributed by atoms with E-state index < -0.39 is 0 Å². The first kappa shape index (κ1) is 15.6. The van der Waals surface area contributed by atoms with Gasteiger partial charge in [-0.1, -0.05) is 6.07 Å². The molecule has 0 bridgehead atoms. The fraction of sp³-hybridized carbons (Fsp3) is 0.412. The Morgan fingerprint density at radius 2 is 2.17 bits per heavy atom. The number of rotatable bonds is 4. The van der Waals surface area contributed by atoms with Gasteiger partial charge in [0.25, 0.3) is 0 Å². The monoisotopic (exact) mass is 313 g/mol. The van der Waals surface area contributed by atoms with Crippen LogP contribution in [0.15, 0.2) is 36.7 Å². The van der Waals surface area contributed by atoms with Gasteiger partial charge < -0.3 is 15.1 Å². The molecule has 0 saturated carbocycles. The van der Waals surface area contributed by atoms with Crippen LogP contribution in [-0.2, 0) is 17.9 Å². The van der Waals surface area contributed by atoms with Gasteiger partial charge >= 0.3 is 0 Å². The number of aryl methyl sites for hydroxylation is 1. The smallest absolute Gasteiger partial charge is 0.226 e. The highest BCUT2D eigenvalue weighted by molar-refractivity contribution is 5.91. The Morgan fingerprint density at radius 1 is 1.30 bits per heavy atom. The summed E-state index contributed by atoms with van der Waals surface area (Å²) in [7, 11) is 4.23. The largest absolute Gasteiger partial charge is 0.373 e. The number of carbonyl (C=O) groups is 1. The van der Waals surface area contributed by atoms with E-state index in [1.165, 1.54) is 11.3 Å². The highest BCUT2D eigenvalue weighted by Crippen LogP contribution is 2.27. The number of nitrogens with one attached hydrogen (secondary N) is 1. The van der Waals surface area contributed by atoms with Crippen LogP contribution in [0.1, 0.15) is 12.0 Å². The van der Waals surface area contributed by atoms with Crippen molar-refractivity contribution in [3.63, 3.8) is 0 Å². The average Bonchev–Trinajstić information content (AvgIpc) is 3.01. The zero-order chi connectivity index (χ0) is 16.2. The minimum atomic E-state index is 0.00819. The third-order valence-corrected chi connectivity index (χ3v) is 4.16. The molecular formula is C17H23N5O. The van der Waals surface area contributed by atoms with Gasteiger partial charge in [0.2, 0.25) is 5.91 Å². The number of hydrogen-bond donors (Lipinski definition) is 1. The molecule has 0 atom stereocenters. The Bertz CT molecular complexity index is 668. The highest BCUT2D eigenvalue weighted by atomic mass is 16.1. The van der Waals surface area contributed by atoms with Gasteiger partial charge in [0.15, 0.2) is 0 Å². The van der Waals surface area contributed by atoms with E-state index in [0.29, 0.717) is 13.0 Å². The first-order chi connectivity index (χ1) is 11.1. The number of fused-ring (bicyclic) bond motifs is 1. The second-order valence-corrected chi connectivity index (χ2v) is 6.07. The Hall–Kier alpha value is -2.34. The molecule has 122 valence electrons. The number of likely N-dealkylation sites (N-methyl/N-ethyl adjacent to an activating group) is 2. The maximum Gasteiger partial charge on any atom is 0.226 e. The molecule has 1 N–H and O–H groups in total. The van der Waals surface area contributed by atoms with Crippen molar-refractivity contribution in [2.45, 2.75) is 19.5 Å². The van der Waals surface area contributed by atoms with Gasteiger partial charge in [-0.25, -0.2) is 0 Å². The molecule has 2 aromatic rings. The molecule has 0 spiro atoms. The van der Waals surface area contributed by atoms with Gasteiger partial charge in [0, 0.05) is 63.4 Å². The molecule has 1 aromatic carbocycles. The molecule has 1 aromatic heterocycles. The van der Waals surface area contributed by atoms with Crippen LogP contribution in [0.2, 0.25) is 0 Å². The lowest BCUT2D eigenvalue weighted by Gasteiger charge is -2.20. The van der Waals surface area contributed by atoms with Crippen molar-refractivity contribution >= 4 is 17.3 Å². The summed E-state index contributed by atoms with van der Waals surface area (Å²) in [4.78, 5) is 16.7. The van der Waals surface area contributed by atoms with E-state index in [-0.39, 0.29) is 5.91 Å². The fourth-order valence-electron chi connectivity index (χ4n) is 2.81. The Labute approximate surface area is 136 Å². The van der Waals surface area contributed by atoms with E-state index in [1.807, 2.05) is 18.3 Å². The molecule has 0 unspecified atom stereocenters. The Balaban J connectivity index is 1.65. The number of hydrogen-bond acceptors (Lipinski definition) is 4. The number of carbonyl (C=O) groups excluding carboxylic acids is 1. The summed E-state index contributed by atoms with van der Waals surface area (Å²) in [5.41, 5.74) is 3.34. The van der Waals surface area contributed by atoms with Crippen molar-refractivity contribution in [3.05, 3.63) is 42.2 Å². The summed E-state index contributed by atoms with van der Waals surface area (Å²) < 4.78 is 1.76. The van der Waals surface area contributed by atoms with Crippen LogP contribution >= 0.6 is 0 Å². The molecule has 0 saturated heterocycles. The lowest BCUT2D eigenvalue weighted by atomic mass is 10.1. The topological polar surface area (TPSA) is 53.4 Å². The number of nitrogens with zero attached hydrogens (tertiary/aromatic N) is 4. The van der Waals surface area contributed by atoms with Crippen molar-refractivity contribution in [1.82, 2.24) is 14.7 Å². The predicted octanol–water partition coefficient (Wildman–Crippen LogP) is 1.79. The maximum absolute atomic E-state index is 12.1. The quantitative estimate of drug-likeness (QED) is 0.935. The third kappa shape index (κ3) is 3.90. The van der Waals surface area contributed by atoms with Crippen molar-refractivity contribution in [2.75, 3.05) is 37.4 Å². The summed E-state index contributed by atoms with van der Waals surface area (Å²) >= 11 is 0.